The van der Waals surface area contributed by atoms with Crippen molar-refractivity contribution in [2.24, 2.45) is 0 Å². The van der Waals surface area contributed by atoms with Crippen molar-refractivity contribution in [3.8, 4) is 0 Å². The van der Waals surface area contributed by atoms with E-state index in [0.29, 0.717) is 18.9 Å². The lowest BCUT2D eigenvalue weighted by Crippen LogP contribution is -2.48. The molecule has 2 amide bonds. The first kappa shape index (κ1) is 11.6. The lowest BCUT2D eigenvalue weighted by atomic mass is 10.4. The summed E-state index contributed by atoms with van der Waals surface area (Å²) >= 11 is 0. The largest absolute Gasteiger partial charge is 0.344 e. The van der Waals surface area contributed by atoms with Crippen LogP contribution in [0.4, 0.5) is 10.6 Å². The molecule has 92 valence electrons. The van der Waals surface area contributed by atoms with Crippen LogP contribution in [-0.2, 0) is 4.79 Å². The molecule has 0 atom stereocenters. The molecule has 17 heavy (non-hydrogen) atoms. The summed E-state index contributed by atoms with van der Waals surface area (Å²) in [5.41, 5.74) is 0. The summed E-state index contributed by atoms with van der Waals surface area (Å²) in [6, 6.07) is 1.43. The second kappa shape index (κ2) is 4.96. The van der Waals surface area contributed by atoms with Gasteiger partial charge in [0.2, 0.25) is 5.91 Å². The van der Waals surface area contributed by atoms with Gasteiger partial charge in [0.1, 0.15) is 0 Å². The highest BCUT2D eigenvalue weighted by Gasteiger charge is 2.18. The van der Waals surface area contributed by atoms with Crippen LogP contribution in [0.5, 0.6) is 0 Å². The smallest absolute Gasteiger partial charge is 0.320 e. The van der Waals surface area contributed by atoms with Crippen LogP contribution in [-0.4, -0.2) is 52.8 Å². The molecule has 0 radical (unpaired) electrons. The number of aromatic nitrogens is 2. The fourth-order valence-electron chi connectivity index (χ4n) is 1.68. The predicted octanol–water partition coefficient (Wildman–Crippen LogP) is -0.285. The second-order valence-corrected chi connectivity index (χ2v) is 3.85. The predicted molar refractivity (Wildman–Crippen MR) is 61.8 cm³/mol. The molecule has 2 heterocycles. The van der Waals surface area contributed by atoms with Gasteiger partial charge >= 0.3 is 6.03 Å². The Kier molecular flexibility index (Phi) is 3.38. The third-order valence-corrected chi connectivity index (χ3v) is 2.48. The molecular formula is C10H15N5O2. The molecule has 0 unspecified atom stereocenters. The van der Waals surface area contributed by atoms with Gasteiger partial charge in [-0.25, -0.2) is 4.79 Å². The van der Waals surface area contributed by atoms with E-state index in [-0.39, 0.29) is 11.9 Å². The number of carbonyl (C=O) groups is 2. The van der Waals surface area contributed by atoms with E-state index in [2.05, 4.69) is 15.7 Å². The van der Waals surface area contributed by atoms with E-state index in [1.165, 1.54) is 11.6 Å². The second-order valence-electron chi connectivity index (χ2n) is 3.85. The number of carbonyl (C=O) groups excluding carboxylic acids is 2. The average molecular weight is 237 g/mol. The van der Waals surface area contributed by atoms with Crippen LogP contribution >= 0.6 is 0 Å². The Hall–Kier alpha value is -1.89. The number of nitrogens with zero attached hydrogens (tertiary/aromatic N) is 3. The normalized spacial score (nSPS) is 15.7. The van der Waals surface area contributed by atoms with E-state index in [1.54, 1.807) is 17.2 Å². The molecule has 1 aliphatic rings. The van der Waals surface area contributed by atoms with Crippen LogP contribution in [0.25, 0.3) is 0 Å². The van der Waals surface area contributed by atoms with Gasteiger partial charge in [-0.2, -0.15) is 4.68 Å². The highest BCUT2D eigenvalue weighted by atomic mass is 16.2. The van der Waals surface area contributed by atoms with Crippen molar-refractivity contribution >= 4 is 17.8 Å². The van der Waals surface area contributed by atoms with Gasteiger partial charge in [0.25, 0.3) is 0 Å². The van der Waals surface area contributed by atoms with E-state index >= 15 is 0 Å². The fraction of sp³-hybridized carbons (Fsp3) is 0.500. The average Bonchev–Trinajstić information content (AvgIpc) is 2.77. The van der Waals surface area contributed by atoms with Crippen molar-refractivity contribution in [2.45, 2.75) is 6.92 Å². The molecule has 0 spiro atoms. The van der Waals surface area contributed by atoms with E-state index < -0.39 is 0 Å². The van der Waals surface area contributed by atoms with Crippen molar-refractivity contribution in [2.75, 3.05) is 31.5 Å². The van der Waals surface area contributed by atoms with Crippen LogP contribution in [0.15, 0.2) is 12.3 Å². The van der Waals surface area contributed by atoms with Crippen molar-refractivity contribution in [1.82, 2.24) is 20.0 Å². The van der Waals surface area contributed by atoms with Crippen molar-refractivity contribution in [3.63, 3.8) is 0 Å². The number of piperazine rings is 1. The number of hydrogen-bond donors (Lipinski definition) is 2. The van der Waals surface area contributed by atoms with Gasteiger partial charge in [-0.1, -0.05) is 0 Å². The molecule has 2 N–H and O–H groups in total. The Morgan fingerprint density at radius 1 is 1.41 bits per heavy atom. The van der Waals surface area contributed by atoms with Crippen LogP contribution in [0.3, 0.4) is 0 Å². The number of rotatable bonds is 1. The van der Waals surface area contributed by atoms with Crippen LogP contribution in [0.2, 0.25) is 0 Å². The van der Waals surface area contributed by atoms with E-state index in [9.17, 15) is 9.59 Å². The Morgan fingerprint density at radius 2 is 2.12 bits per heavy atom. The van der Waals surface area contributed by atoms with Gasteiger partial charge in [0.05, 0.1) is 0 Å². The van der Waals surface area contributed by atoms with Crippen molar-refractivity contribution in [1.29, 1.82) is 0 Å². The van der Waals surface area contributed by atoms with Gasteiger partial charge in [-0.3, -0.25) is 4.79 Å². The third-order valence-electron chi connectivity index (χ3n) is 2.48. The monoisotopic (exact) mass is 237 g/mol. The lowest BCUT2D eigenvalue weighted by molar-refractivity contribution is -0.114. The molecule has 0 saturated carbocycles. The molecule has 1 fully saturated rings. The van der Waals surface area contributed by atoms with Gasteiger partial charge < -0.3 is 15.5 Å². The fourth-order valence-corrected chi connectivity index (χ4v) is 1.68. The molecule has 0 aromatic carbocycles. The summed E-state index contributed by atoms with van der Waals surface area (Å²) in [5, 5.41) is 9.70. The third kappa shape index (κ3) is 2.82. The topological polar surface area (TPSA) is 79.3 Å². The van der Waals surface area contributed by atoms with Gasteiger partial charge in [-0.05, 0) is 0 Å². The Bertz CT molecular complexity index is 422. The molecule has 1 aliphatic heterocycles. The van der Waals surface area contributed by atoms with Gasteiger partial charge in [0.15, 0.2) is 5.82 Å². The summed E-state index contributed by atoms with van der Waals surface area (Å²) in [6.45, 7) is 4.34. The zero-order chi connectivity index (χ0) is 12.3. The maximum absolute atomic E-state index is 12.0. The first-order valence-electron chi connectivity index (χ1n) is 5.50. The standard InChI is InChI=1S/C10H15N5O2/c1-8(16)12-9-2-5-15(13-9)10(17)14-6-3-11-4-7-14/h2,5,11H,3-4,6-7H2,1H3,(H,12,13,16). The number of amides is 2. The Balaban J connectivity index is 2.03. The molecule has 0 aliphatic carbocycles. The van der Waals surface area contributed by atoms with Crippen molar-refractivity contribution < 1.29 is 9.59 Å². The maximum atomic E-state index is 12.0. The summed E-state index contributed by atoms with van der Waals surface area (Å²) in [5.74, 6) is 0.186. The Morgan fingerprint density at radius 3 is 2.76 bits per heavy atom. The quantitative estimate of drug-likeness (QED) is 0.703. The maximum Gasteiger partial charge on any atom is 0.344 e. The first-order chi connectivity index (χ1) is 8.16. The van der Waals surface area contributed by atoms with E-state index in [0.717, 1.165) is 13.1 Å². The van der Waals surface area contributed by atoms with Crippen LogP contribution < -0.4 is 10.6 Å². The highest BCUT2D eigenvalue weighted by Crippen LogP contribution is 2.04. The molecule has 2 rings (SSSR count). The van der Waals surface area contributed by atoms with E-state index in [4.69, 9.17) is 0 Å². The Labute approximate surface area is 98.8 Å². The molecule has 7 heteroatoms. The minimum Gasteiger partial charge on any atom is -0.320 e. The molecule has 1 aromatic heterocycles. The van der Waals surface area contributed by atoms with Gasteiger partial charge in [0, 0.05) is 45.4 Å². The molecule has 7 nitrogen and oxygen atoms in total. The van der Waals surface area contributed by atoms with Gasteiger partial charge in [-0.15, -0.1) is 5.10 Å². The number of nitrogens with one attached hydrogen (secondary N) is 2. The SMILES string of the molecule is CC(=O)Nc1ccn(C(=O)N2CCNCC2)n1. The van der Waals surface area contributed by atoms with E-state index in [1.807, 2.05) is 0 Å². The molecule has 1 aromatic rings. The minimum atomic E-state index is -0.204. The summed E-state index contributed by atoms with van der Waals surface area (Å²) in [6.07, 6.45) is 1.55. The number of anilines is 1. The summed E-state index contributed by atoms with van der Waals surface area (Å²) in [7, 11) is 0. The zero-order valence-corrected chi connectivity index (χ0v) is 9.64. The zero-order valence-electron chi connectivity index (χ0n) is 9.64. The lowest BCUT2D eigenvalue weighted by Gasteiger charge is -2.26. The van der Waals surface area contributed by atoms with Crippen LogP contribution in [0.1, 0.15) is 6.92 Å². The first-order valence-corrected chi connectivity index (χ1v) is 5.50. The number of hydrogen-bond acceptors (Lipinski definition) is 4. The minimum absolute atomic E-state index is 0.164. The van der Waals surface area contributed by atoms with Crippen molar-refractivity contribution in [3.05, 3.63) is 12.3 Å². The highest BCUT2D eigenvalue weighted by molar-refractivity contribution is 5.87. The molecular weight excluding hydrogens is 222 g/mol. The molecule has 0 bridgehead atoms. The summed E-state index contributed by atoms with van der Waals surface area (Å²) < 4.78 is 1.25. The van der Waals surface area contributed by atoms with Crippen LogP contribution in [0, 0.1) is 0 Å². The molecule has 1 saturated heterocycles. The summed E-state index contributed by atoms with van der Waals surface area (Å²) in [4.78, 5) is 24.5.